The van der Waals surface area contributed by atoms with Gasteiger partial charge >= 0.3 is 0 Å². The van der Waals surface area contributed by atoms with Crippen molar-refractivity contribution in [2.45, 2.75) is 32.6 Å². The highest BCUT2D eigenvalue weighted by atomic mass is 35.5. The first-order valence-corrected chi connectivity index (χ1v) is 12.2. The number of hydrogen-bond acceptors (Lipinski definition) is 6. The van der Waals surface area contributed by atoms with Gasteiger partial charge in [0.2, 0.25) is 5.82 Å². The number of carbonyl (C=O) groups excluding carboxylic acids is 1. The van der Waals surface area contributed by atoms with Gasteiger partial charge in [0.05, 0.1) is 19.0 Å². The molecule has 0 atom stereocenters. The lowest BCUT2D eigenvalue weighted by Crippen LogP contribution is -2.25. The van der Waals surface area contributed by atoms with E-state index < -0.39 is 11.6 Å². The maximum atomic E-state index is 14.7. The molecule has 0 unspecified atom stereocenters. The second-order valence-corrected chi connectivity index (χ2v) is 8.51. The Morgan fingerprint density at radius 2 is 1.92 bits per heavy atom. The van der Waals surface area contributed by atoms with Gasteiger partial charge in [-0.15, -0.1) is 12.4 Å². The first-order chi connectivity index (χ1) is 18.0. The van der Waals surface area contributed by atoms with Gasteiger partial charge in [0.1, 0.15) is 0 Å². The van der Waals surface area contributed by atoms with Crippen LogP contribution in [0.2, 0.25) is 0 Å². The second-order valence-electron chi connectivity index (χ2n) is 8.51. The highest BCUT2D eigenvalue weighted by Gasteiger charge is 2.19. The maximum absolute atomic E-state index is 14.7. The van der Waals surface area contributed by atoms with Crippen molar-refractivity contribution < 1.29 is 18.3 Å². The molecule has 4 aromatic rings. The summed E-state index contributed by atoms with van der Waals surface area (Å²) < 4.78 is 35.5. The van der Waals surface area contributed by atoms with E-state index in [9.17, 15) is 13.6 Å². The quantitative estimate of drug-likeness (QED) is 0.222. The number of carbonyl (C=O) groups is 1. The van der Waals surface area contributed by atoms with Crippen LogP contribution in [0.5, 0.6) is 5.75 Å². The van der Waals surface area contributed by atoms with E-state index >= 15 is 0 Å². The van der Waals surface area contributed by atoms with Crippen LogP contribution in [0.15, 0.2) is 48.9 Å². The minimum Gasteiger partial charge on any atom is -0.494 e. The molecule has 4 N–H and O–H groups in total. The molecule has 38 heavy (non-hydrogen) atoms. The molecule has 0 saturated carbocycles. The molecule has 1 amide bonds. The number of nitrogens with one attached hydrogen (secondary N) is 2. The number of nitrogens with zero attached hydrogens (tertiary/aromatic N) is 3. The minimum absolute atomic E-state index is 0. The maximum Gasteiger partial charge on any atom is 0.251 e. The van der Waals surface area contributed by atoms with Crippen LogP contribution in [-0.2, 0) is 6.42 Å². The highest BCUT2D eigenvalue weighted by molar-refractivity contribution is 5.96. The number of nitrogens with two attached hydrogens (primary N) is 1. The molecule has 2 aromatic carbocycles. The molecule has 0 radical (unpaired) electrons. The Hall–Kier alpha value is -3.76. The zero-order valence-electron chi connectivity index (χ0n) is 21.3. The monoisotopic (exact) mass is 544 g/mol. The summed E-state index contributed by atoms with van der Waals surface area (Å²) >= 11 is 0. The van der Waals surface area contributed by atoms with Crippen molar-refractivity contribution in [2.75, 3.05) is 25.5 Å². The van der Waals surface area contributed by atoms with Crippen molar-refractivity contribution in [3.05, 3.63) is 71.7 Å². The van der Waals surface area contributed by atoms with Gasteiger partial charge in [0.15, 0.2) is 23.0 Å². The smallest absolute Gasteiger partial charge is 0.251 e. The van der Waals surface area contributed by atoms with Gasteiger partial charge in [0, 0.05) is 35.8 Å². The third-order valence-electron chi connectivity index (χ3n) is 6.13. The molecule has 0 spiro atoms. The Kier molecular flexibility index (Phi) is 9.98. The molecule has 202 valence electrons. The number of rotatable bonds is 11. The van der Waals surface area contributed by atoms with Crippen molar-refractivity contribution in [2.24, 2.45) is 5.73 Å². The van der Waals surface area contributed by atoms with Crippen LogP contribution in [0, 0.1) is 11.6 Å². The van der Waals surface area contributed by atoms with Crippen LogP contribution in [0.3, 0.4) is 0 Å². The van der Waals surface area contributed by atoms with Gasteiger partial charge in [-0.25, -0.2) is 14.4 Å². The van der Waals surface area contributed by atoms with E-state index in [2.05, 4.69) is 20.6 Å². The Morgan fingerprint density at radius 1 is 1.11 bits per heavy atom. The summed E-state index contributed by atoms with van der Waals surface area (Å²) in [5, 5.41) is 6.21. The van der Waals surface area contributed by atoms with Gasteiger partial charge in [-0.2, -0.15) is 4.39 Å². The predicted octanol–water partition coefficient (Wildman–Crippen LogP) is 5.27. The molecule has 11 heteroatoms. The second kappa shape index (κ2) is 13.2. The lowest BCUT2D eigenvalue weighted by molar-refractivity contribution is 0.0952. The van der Waals surface area contributed by atoms with E-state index in [1.165, 1.54) is 25.4 Å². The Labute approximate surface area is 226 Å². The minimum atomic E-state index is -1.06. The zero-order valence-corrected chi connectivity index (χ0v) is 22.1. The standard InChI is InChI=1S/C27H30F2N6O2.ClH/c1-3-17-15-18(7-8-19(17)27(36)32-12-6-4-5-11-30)34-25-26-33-16-21(35(26)14-13-31-25)20-9-10-22(37-2)24(29)23(20)28;/h7-10,13-16H,3-6,11-12,30H2,1-2H3,(H,31,34)(H,32,36);1H. The number of aryl methyl sites for hydroxylation is 1. The summed E-state index contributed by atoms with van der Waals surface area (Å²) in [7, 11) is 1.28. The molecular formula is C27H31ClF2N6O2. The largest absolute Gasteiger partial charge is 0.494 e. The van der Waals surface area contributed by atoms with E-state index in [1.54, 1.807) is 28.9 Å². The summed E-state index contributed by atoms with van der Waals surface area (Å²) in [6, 6.07) is 8.30. The van der Waals surface area contributed by atoms with Crippen LogP contribution in [0.25, 0.3) is 16.9 Å². The average molecular weight is 545 g/mol. The fraction of sp³-hybridized carbons (Fsp3) is 0.296. The van der Waals surface area contributed by atoms with Gasteiger partial charge < -0.3 is 21.1 Å². The topological polar surface area (TPSA) is 107 Å². The van der Waals surface area contributed by atoms with Crippen LogP contribution in [0.4, 0.5) is 20.3 Å². The van der Waals surface area contributed by atoms with Crippen LogP contribution in [0.1, 0.15) is 42.1 Å². The van der Waals surface area contributed by atoms with E-state index in [0.717, 1.165) is 30.5 Å². The number of fused-ring (bicyclic) bond motifs is 1. The number of halogens is 3. The molecule has 0 fully saturated rings. The van der Waals surface area contributed by atoms with E-state index in [0.29, 0.717) is 42.2 Å². The Bertz CT molecular complexity index is 1410. The fourth-order valence-electron chi connectivity index (χ4n) is 4.16. The molecule has 0 bridgehead atoms. The number of methoxy groups -OCH3 is 1. The van der Waals surface area contributed by atoms with Crippen LogP contribution < -0.4 is 21.1 Å². The molecule has 0 aliphatic rings. The van der Waals surface area contributed by atoms with E-state index in [4.69, 9.17) is 10.5 Å². The number of unbranched alkanes of at least 4 members (excludes halogenated alkanes) is 2. The molecule has 2 aromatic heterocycles. The number of aromatic nitrogens is 3. The van der Waals surface area contributed by atoms with Gasteiger partial charge in [0.25, 0.3) is 5.91 Å². The molecule has 0 saturated heterocycles. The highest BCUT2D eigenvalue weighted by Crippen LogP contribution is 2.31. The third-order valence-corrected chi connectivity index (χ3v) is 6.13. The van der Waals surface area contributed by atoms with Gasteiger partial charge in [-0.1, -0.05) is 13.3 Å². The van der Waals surface area contributed by atoms with Crippen LogP contribution >= 0.6 is 12.4 Å². The normalized spacial score (nSPS) is 10.8. The third kappa shape index (κ3) is 6.03. The number of ether oxygens (including phenoxy) is 1. The summed E-state index contributed by atoms with van der Waals surface area (Å²) in [6.45, 7) is 3.25. The summed E-state index contributed by atoms with van der Waals surface area (Å²) in [6.07, 6.45) is 8.12. The van der Waals surface area contributed by atoms with E-state index in [-0.39, 0.29) is 29.6 Å². The number of anilines is 2. The summed E-state index contributed by atoms with van der Waals surface area (Å²) in [4.78, 5) is 21.5. The first kappa shape index (κ1) is 28.8. The SMILES string of the molecule is CCc1cc(Nc2nccn3c(-c4ccc(OC)c(F)c4F)cnc23)ccc1C(=O)NCCCCCN.Cl. The number of benzene rings is 2. The molecular weight excluding hydrogens is 514 g/mol. The van der Waals surface area contributed by atoms with Crippen molar-refractivity contribution >= 4 is 35.5 Å². The molecule has 2 heterocycles. The summed E-state index contributed by atoms with van der Waals surface area (Å²) in [5.74, 6) is -1.93. The molecule has 4 rings (SSSR count). The lowest BCUT2D eigenvalue weighted by atomic mass is 10.0. The Morgan fingerprint density at radius 3 is 2.66 bits per heavy atom. The molecule has 0 aliphatic carbocycles. The average Bonchev–Trinajstić information content (AvgIpc) is 3.35. The van der Waals surface area contributed by atoms with Gasteiger partial charge in [-0.3, -0.25) is 9.20 Å². The Balaban J connectivity index is 0.00000400. The van der Waals surface area contributed by atoms with E-state index in [1.807, 2.05) is 13.0 Å². The molecule has 8 nitrogen and oxygen atoms in total. The van der Waals surface area contributed by atoms with Crippen molar-refractivity contribution in [1.29, 1.82) is 0 Å². The molecule has 0 aliphatic heterocycles. The number of hydrogen-bond donors (Lipinski definition) is 3. The fourth-order valence-corrected chi connectivity index (χ4v) is 4.16. The lowest BCUT2D eigenvalue weighted by Gasteiger charge is -2.13. The zero-order chi connectivity index (χ0) is 26.4. The number of imidazole rings is 1. The van der Waals surface area contributed by atoms with Crippen LogP contribution in [-0.4, -0.2) is 40.5 Å². The predicted molar refractivity (Wildman–Crippen MR) is 146 cm³/mol. The number of amides is 1. The van der Waals surface area contributed by atoms with Crippen molar-refractivity contribution in [3.63, 3.8) is 0 Å². The summed E-state index contributed by atoms with van der Waals surface area (Å²) in [5.41, 5.74) is 8.60. The first-order valence-electron chi connectivity index (χ1n) is 12.2. The van der Waals surface area contributed by atoms with Crippen molar-refractivity contribution in [3.8, 4) is 17.0 Å². The van der Waals surface area contributed by atoms with Gasteiger partial charge in [-0.05, 0) is 61.7 Å². The van der Waals surface area contributed by atoms with Crippen molar-refractivity contribution in [1.82, 2.24) is 19.7 Å².